The van der Waals surface area contributed by atoms with Crippen LogP contribution in [0.25, 0.3) is 27.8 Å². The second-order valence-corrected chi connectivity index (χ2v) is 10.1. The number of allylic oxidation sites excluding steroid dienone is 4. The van der Waals surface area contributed by atoms with Crippen molar-refractivity contribution in [2.45, 2.75) is 71.6 Å². The molecule has 0 saturated carbocycles. The van der Waals surface area contributed by atoms with Crippen LogP contribution in [-0.2, 0) is 6.42 Å². The van der Waals surface area contributed by atoms with Gasteiger partial charge in [0, 0.05) is 11.1 Å². The van der Waals surface area contributed by atoms with Gasteiger partial charge in [-0.05, 0) is 78.8 Å². The molecule has 0 heterocycles. The topological polar surface area (TPSA) is 0 Å². The van der Waals surface area contributed by atoms with Gasteiger partial charge in [-0.3, -0.25) is 0 Å². The van der Waals surface area contributed by atoms with Crippen LogP contribution in [0.4, 0.5) is 13.2 Å². The Kier molecular flexibility index (Phi) is 9.44. The van der Waals surface area contributed by atoms with Crippen LogP contribution in [0.3, 0.4) is 0 Å². The van der Waals surface area contributed by atoms with E-state index in [1.807, 2.05) is 31.2 Å². The highest BCUT2D eigenvalue weighted by Gasteiger charge is 2.17. The summed E-state index contributed by atoms with van der Waals surface area (Å²) in [4.78, 5) is 0. The van der Waals surface area contributed by atoms with Crippen molar-refractivity contribution in [3.63, 3.8) is 0 Å². The Morgan fingerprint density at radius 1 is 0.784 bits per heavy atom. The van der Waals surface area contributed by atoms with Gasteiger partial charge in [-0.15, -0.1) is 0 Å². The molecule has 0 nitrogen and oxygen atoms in total. The maximum Gasteiger partial charge on any atom is 0.166 e. The molecule has 0 saturated heterocycles. The van der Waals surface area contributed by atoms with Gasteiger partial charge in [-0.2, -0.15) is 0 Å². The molecular weight excluding hydrogens is 465 g/mol. The van der Waals surface area contributed by atoms with E-state index in [1.165, 1.54) is 6.42 Å². The molecule has 4 rings (SSSR count). The van der Waals surface area contributed by atoms with Crippen LogP contribution in [0.5, 0.6) is 0 Å². The summed E-state index contributed by atoms with van der Waals surface area (Å²) < 4.78 is 44.7. The minimum atomic E-state index is -0.799. The van der Waals surface area contributed by atoms with Gasteiger partial charge >= 0.3 is 0 Å². The highest BCUT2D eigenvalue weighted by atomic mass is 19.2. The molecule has 0 bridgehead atoms. The average molecular weight is 503 g/mol. The van der Waals surface area contributed by atoms with Gasteiger partial charge in [0.1, 0.15) is 5.82 Å². The summed E-state index contributed by atoms with van der Waals surface area (Å²) in [5.74, 6) is -1.23. The molecule has 194 valence electrons. The largest absolute Gasteiger partial charge is 0.206 e. The molecule has 0 aliphatic heterocycles. The van der Waals surface area contributed by atoms with Crippen molar-refractivity contribution in [1.29, 1.82) is 0 Å². The van der Waals surface area contributed by atoms with Crippen LogP contribution in [0.1, 0.15) is 76.3 Å². The third-order valence-electron chi connectivity index (χ3n) is 7.47. The molecule has 1 aliphatic carbocycles. The van der Waals surface area contributed by atoms with Crippen molar-refractivity contribution in [3.05, 3.63) is 101 Å². The van der Waals surface area contributed by atoms with Gasteiger partial charge in [0.25, 0.3) is 0 Å². The Morgan fingerprint density at radius 2 is 1.49 bits per heavy atom. The molecule has 37 heavy (non-hydrogen) atoms. The van der Waals surface area contributed by atoms with Crippen molar-refractivity contribution in [1.82, 2.24) is 0 Å². The molecule has 3 aromatic rings. The molecule has 1 aliphatic rings. The minimum Gasteiger partial charge on any atom is -0.206 e. The first kappa shape index (κ1) is 27.0. The number of aryl methyl sites for hydroxylation is 1. The summed E-state index contributed by atoms with van der Waals surface area (Å²) in [7, 11) is 0. The first-order valence-corrected chi connectivity index (χ1v) is 13.7. The van der Waals surface area contributed by atoms with E-state index in [2.05, 4.69) is 25.2 Å². The van der Waals surface area contributed by atoms with E-state index in [0.29, 0.717) is 29.0 Å². The lowest BCUT2D eigenvalue weighted by molar-refractivity contribution is 0.497. The molecule has 0 spiro atoms. The van der Waals surface area contributed by atoms with Crippen LogP contribution < -0.4 is 0 Å². The van der Waals surface area contributed by atoms with Gasteiger partial charge in [-0.25, -0.2) is 13.2 Å². The van der Waals surface area contributed by atoms with Gasteiger partial charge < -0.3 is 0 Å². The smallest absolute Gasteiger partial charge is 0.166 e. The van der Waals surface area contributed by atoms with Gasteiger partial charge in [-0.1, -0.05) is 99.4 Å². The molecule has 3 heteroatoms. The predicted octanol–water partition coefficient (Wildman–Crippen LogP) is 10.7. The standard InChI is InChI=1S/C34H37F3/c1-3-5-6-7-8-10-28-19-22-31(34(37)33(28)36)27-17-15-25(16-18-27)29-20-21-30(32(35)23-29)26-13-11-24(9-4-2)12-14-26/h4,9,13,15-24H,3,5-8,10-12,14H2,1-2H3/b9-4+. The molecule has 0 amide bonds. The zero-order valence-corrected chi connectivity index (χ0v) is 22.0. The lowest BCUT2D eigenvalue weighted by Gasteiger charge is -2.20. The summed E-state index contributed by atoms with van der Waals surface area (Å²) in [5, 5.41) is 0. The highest BCUT2D eigenvalue weighted by Crippen LogP contribution is 2.34. The summed E-state index contributed by atoms with van der Waals surface area (Å²) in [5.41, 5.74) is 4.64. The Morgan fingerprint density at radius 3 is 2.16 bits per heavy atom. The number of rotatable bonds is 10. The van der Waals surface area contributed by atoms with Crippen molar-refractivity contribution in [2.24, 2.45) is 5.92 Å². The summed E-state index contributed by atoms with van der Waals surface area (Å²) in [6.07, 6.45) is 15.3. The van der Waals surface area contributed by atoms with E-state index < -0.39 is 11.6 Å². The molecular formula is C34H37F3. The van der Waals surface area contributed by atoms with E-state index in [-0.39, 0.29) is 11.4 Å². The average Bonchev–Trinajstić information content (AvgIpc) is 2.92. The van der Waals surface area contributed by atoms with Gasteiger partial charge in [0.2, 0.25) is 0 Å². The van der Waals surface area contributed by atoms with E-state index in [0.717, 1.165) is 61.6 Å². The normalized spacial score (nSPS) is 15.8. The van der Waals surface area contributed by atoms with Crippen molar-refractivity contribution in [2.75, 3.05) is 0 Å². The van der Waals surface area contributed by atoms with Crippen LogP contribution >= 0.6 is 0 Å². The molecule has 1 atom stereocenters. The summed E-state index contributed by atoms with van der Waals surface area (Å²) >= 11 is 0. The van der Waals surface area contributed by atoms with Crippen LogP contribution in [0, 0.1) is 23.4 Å². The first-order chi connectivity index (χ1) is 18.0. The van der Waals surface area contributed by atoms with E-state index >= 15 is 4.39 Å². The molecule has 0 N–H and O–H groups in total. The number of hydrogen-bond acceptors (Lipinski definition) is 0. The molecule has 1 unspecified atom stereocenters. The van der Waals surface area contributed by atoms with Gasteiger partial charge in [0.05, 0.1) is 0 Å². The molecule has 0 radical (unpaired) electrons. The third kappa shape index (κ3) is 6.63. The summed E-state index contributed by atoms with van der Waals surface area (Å²) in [6.45, 7) is 4.19. The van der Waals surface area contributed by atoms with Crippen molar-refractivity contribution in [3.8, 4) is 22.3 Å². The highest BCUT2D eigenvalue weighted by molar-refractivity contribution is 5.74. The second-order valence-electron chi connectivity index (χ2n) is 10.1. The Balaban J connectivity index is 1.46. The lowest BCUT2D eigenvalue weighted by Crippen LogP contribution is -2.03. The second kappa shape index (κ2) is 12.9. The van der Waals surface area contributed by atoms with Crippen LogP contribution in [0.15, 0.2) is 72.8 Å². The van der Waals surface area contributed by atoms with Gasteiger partial charge in [0.15, 0.2) is 11.6 Å². The van der Waals surface area contributed by atoms with Crippen molar-refractivity contribution >= 4 is 5.57 Å². The number of halogens is 3. The van der Waals surface area contributed by atoms with Crippen molar-refractivity contribution < 1.29 is 13.2 Å². The van der Waals surface area contributed by atoms with E-state index in [1.54, 1.807) is 30.3 Å². The Hall–Kier alpha value is -3.07. The monoisotopic (exact) mass is 502 g/mol. The zero-order chi connectivity index (χ0) is 26.2. The predicted molar refractivity (Wildman–Crippen MR) is 150 cm³/mol. The van der Waals surface area contributed by atoms with E-state index in [9.17, 15) is 8.78 Å². The molecule has 0 aromatic heterocycles. The zero-order valence-electron chi connectivity index (χ0n) is 22.0. The fraction of sp³-hybridized carbons (Fsp3) is 0.353. The quantitative estimate of drug-likeness (QED) is 0.191. The Labute approximate surface area is 219 Å². The minimum absolute atomic E-state index is 0.226. The third-order valence-corrected chi connectivity index (χ3v) is 7.47. The fourth-order valence-electron chi connectivity index (χ4n) is 5.27. The SMILES string of the molecule is C/C=C/C1CC=C(c2ccc(-c3ccc(-c4ccc(CCCCCCC)c(F)c4F)cc3)cc2F)CC1. The summed E-state index contributed by atoms with van der Waals surface area (Å²) in [6, 6.07) is 16.0. The number of hydrogen-bond donors (Lipinski definition) is 0. The number of unbranched alkanes of at least 4 members (excludes halogenated alkanes) is 4. The van der Waals surface area contributed by atoms with E-state index in [4.69, 9.17) is 0 Å². The van der Waals surface area contributed by atoms with Crippen LogP contribution in [0.2, 0.25) is 0 Å². The molecule has 0 fully saturated rings. The molecule has 3 aromatic carbocycles. The lowest BCUT2D eigenvalue weighted by atomic mass is 9.86. The number of benzene rings is 3. The van der Waals surface area contributed by atoms with Crippen LogP contribution in [-0.4, -0.2) is 0 Å². The first-order valence-electron chi connectivity index (χ1n) is 13.7. The maximum absolute atomic E-state index is 15.0. The fourth-order valence-corrected chi connectivity index (χ4v) is 5.27. The maximum atomic E-state index is 15.0. The Bertz CT molecular complexity index is 1250.